The van der Waals surface area contributed by atoms with Gasteiger partial charge in [-0.1, -0.05) is 5.16 Å². The molecule has 7 nitrogen and oxygen atoms in total. The van der Waals surface area contributed by atoms with Crippen LogP contribution in [0.5, 0.6) is 0 Å². The highest BCUT2D eigenvalue weighted by molar-refractivity contribution is 6.07. The Hall–Kier alpha value is -2.67. The molecule has 0 aliphatic carbocycles. The Labute approximate surface area is 145 Å². The second-order valence-corrected chi connectivity index (χ2v) is 6.87. The number of amides is 1. The minimum atomic E-state index is -0.528. The van der Waals surface area contributed by atoms with Crippen molar-refractivity contribution < 1.29 is 13.7 Å². The zero-order valence-corrected chi connectivity index (χ0v) is 15.1. The first-order chi connectivity index (χ1) is 11.7. The number of hydrogen-bond donors (Lipinski definition) is 2. The third-order valence-corrected chi connectivity index (χ3v) is 4.14. The van der Waals surface area contributed by atoms with Crippen molar-refractivity contribution in [3.8, 4) is 11.3 Å². The monoisotopic (exact) mass is 342 g/mol. The van der Waals surface area contributed by atoms with Crippen LogP contribution in [0.25, 0.3) is 22.4 Å². The van der Waals surface area contributed by atoms with E-state index in [0.717, 1.165) is 17.1 Å². The Morgan fingerprint density at radius 1 is 1.28 bits per heavy atom. The Morgan fingerprint density at radius 3 is 2.60 bits per heavy atom. The summed E-state index contributed by atoms with van der Waals surface area (Å²) in [6, 6.07) is 3.63. The molecule has 1 amide bonds. The number of nitrogens with one attached hydrogen (secondary N) is 1. The molecule has 0 saturated carbocycles. The fourth-order valence-corrected chi connectivity index (χ4v) is 2.72. The van der Waals surface area contributed by atoms with E-state index < -0.39 is 5.54 Å². The van der Waals surface area contributed by atoms with E-state index >= 15 is 0 Å². The van der Waals surface area contributed by atoms with Crippen LogP contribution in [0.4, 0.5) is 0 Å². The normalized spacial score (nSPS) is 11.9. The van der Waals surface area contributed by atoms with E-state index in [9.17, 15) is 4.79 Å². The lowest BCUT2D eigenvalue weighted by Crippen LogP contribution is -2.48. The Kier molecular flexibility index (Phi) is 4.12. The van der Waals surface area contributed by atoms with E-state index in [1.807, 2.05) is 33.8 Å². The summed E-state index contributed by atoms with van der Waals surface area (Å²) in [5.74, 6) is 1.26. The van der Waals surface area contributed by atoms with Gasteiger partial charge in [-0.2, -0.15) is 0 Å². The van der Waals surface area contributed by atoms with Gasteiger partial charge >= 0.3 is 0 Å². The molecule has 0 saturated heterocycles. The van der Waals surface area contributed by atoms with Crippen molar-refractivity contribution in [1.29, 1.82) is 0 Å². The fraction of sp³-hybridized carbons (Fsp3) is 0.389. The minimum absolute atomic E-state index is 0.242. The Morgan fingerprint density at radius 2 is 2.00 bits per heavy atom. The van der Waals surface area contributed by atoms with Crippen molar-refractivity contribution in [3.05, 3.63) is 34.9 Å². The molecule has 3 rings (SSSR count). The number of aryl methyl sites for hydroxylation is 3. The van der Waals surface area contributed by atoms with Gasteiger partial charge in [0.1, 0.15) is 11.5 Å². The molecule has 0 atom stereocenters. The molecular weight excluding hydrogens is 320 g/mol. The number of rotatable bonds is 4. The SMILES string of the molecule is Cc1cc(-c2cc(C(=O)NC(C)(C)CN)c3c(C)noc3n2)c(C)o1. The van der Waals surface area contributed by atoms with Crippen LogP contribution in [0.3, 0.4) is 0 Å². The third-order valence-electron chi connectivity index (χ3n) is 4.14. The topological polar surface area (TPSA) is 107 Å². The maximum atomic E-state index is 12.9. The van der Waals surface area contributed by atoms with Gasteiger partial charge in [0.05, 0.1) is 22.3 Å². The largest absolute Gasteiger partial charge is 0.466 e. The molecular formula is C18H22N4O3. The summed E-state index contributed by atoms with van der Waals surface area (Å²) in [5, 5.41) is 7.50. The number of nitrogens with zero attached hydrogens (tertiary/aromatic N) is 2. The summed E-state index contributed by atoms with van der Waals surface area (Å²) >= 11 is 0. The molecule has 25 heavy (non-hydrogen) atoms. The van der Waals surface area contributed by atoms with Crippen molar-refractivity contribution in [1.82, 2.24) is 15.5 Å². The summed E-state index contributed by atoms with van der Waals surface area (Å²) in [4.78, 5) is 17.4. The highest BCUT2D eigenvalue weighted by Crippen LogP contribution is 2.30. The third kappa shape index (κ3) is 3.15. The van der Waals surface area contributed by atoms with Gasteiger partial charge in [-0.25, -0.2) is 4.98 Å². The molecule has 0 fully saturated rings. The lowest BCUT2D eigenvalue weighted by atomic mass is 10.0. The van der Waals surface area contributed by atoms with Gasteiger partial charge in [0.2, 0.25) is 0 Å². The molecule has 0 radical (unpaired) electrons. The van der Waals surface area contributed by atoms with Gasteiger partial charge in [0.15, 0.2) is 0 Å². The molecule has 0 aromatic carbocycles. The summed E-state index contributed by atoms with van der Waals surface area (Å²) in [6.07, 6.45) is 0. The number of pyridine rings is 1. The predicted octanol–water partition coefficient (Wildman–Crippen LogP) is 2.88. The zero-order valence-electron chi connectivity index (χ0n) is 15.1. The summed E-state index contributed by atoms with van der Waals surface area (Å²) in [6.45, 7) is 9.57. The van der Waals surface area contributed by atoms with E-state index in [-0.39, 0.29) is 5.91 Å². The number of carbonyl (C=O) groups excluding carboxylic acids is 1. The van der Waals surface area contributed by atoms with E-state index in [2.05, 4.69) is 15.5 Å². The van der Waals surface area contributed by atoms with Crippen LogP contribution < -0.4 is 11.1 Å². The van der Waals surface area contributed by atoms with Crippen molar-refractivity contribution in [2.24, 2.45) is 5.73 Å². The second-order valence-electron chi connectivity index (χ2n) is 6.87. The number of fused-ring (bicyclic) bond motifs is 1. The number of nitrogens with two attached hydrogens (primary N) is 1. The van der Waals surface area contributed by atoms with Crippen molar-refractivity contribution >= 4 is 17.0 Å². The fourth-order valence-electron chi connectivity index (χ4n) is 2.72. The summed E-state index contributed by atoms with van der Waals surface area (Å²) in [5.41, 5.74) is 8.02. The van der Waals surface area contributed by atoms with Gasteiger partial charge in [0.25, 0.3) is 11.6 Å². The van der Waals surface area contributed by atoms with Crippen LogP contribution in [0.2, 0.25) is 0 Å². The molecule has 3 heterocycles. The van der Waals surface area contributed by atoms with E-state index in [0.29, 0.717) is 34.6 Å². The quantitative estimate of drug-likeness (QED) is 0.755. The number of hydrogen-bond acceptors (Lipinski definition) is 6. The van der Waals surface area contributed by atoms with Gasteiger partial charge in [-0.3, -0.25) is 4.79 Å². The molecule has 3 aromatic rings. The smallest absolute Gasteiger partial charge is 0.259 e. The second kappa shape index (κ2) is 6.00. The van der Waals surface area contributed by atoms with Crippen LogP contribution in [0, 0.1) is 20.8 Å². The molecule has 0 aliphatic heterocycles. The first-order valence-corrected chi connectivity index (χ1v) is 8.09. The summed E-state index contributed by atoms with van der Waals surface area (Å²) < 4.78 is 10.9. The highest BCUT2D eigenvalue weighted by Gasteiger charge is 2.25. The van der Waals surface area contributed by atoms with Crippen molar-refractivity contribution in [2.75, 3.05) is 6.54 Å². The van der Waals surface area contributed by atoms with Gasteiger partial charge in [-0.15, -0.1) is 0 Å². The average molecular weight is 342 g/mol. The number of aromatic nitrogens is 2. The first-order valence-electron chi connectivity index (χ1n) is 8.09. The van der Waals surface area contributed by atoms with Gasteiger partial charge in [-0.05, 0) is 46.8 Å². The lowest BCUT2D eigenvalue weighted by molar-refractivity contribution is 0.0917. The average Bonchev–Trinajstić information content (AvgIpc) is 3.08. The first kappa shape index (κ1) is 17.2. The molecule has 132 valence electrons. The van der Waals surface area contributed by atoms with E-state index in [1.165, 1.54) is 0 Å². The van der Waals surface area contributed by atoms with Crippen LogP contribution in [0.15, 0.2) is 21.1 Å². The Balaban J connectivity index is 2.17. The maximum Gasteiger partial charge on any atom is 0.259 e. The molecule has 0 unspecified atom stereocenters. The van der Waals surface area contributed by atoms with Crippen LogP contribution in [-0.4, -0.2) is 28.1 Å². The van der Waals surface area contributed by atoms with Gasteiger partial charge < -0.3 is 20.0 Å². The Bertz CT molecular complexity index is 953. The summed E-state index contributed by atoms with van der Waals surface area (Å²) in [7, 11) is 0. The number of furan rings is 1. The predicted molar refractivity (Wildman–Crippen MR) is 94.3 cm³/mol. The minimum Gasteiger partial charge on any atom is -0.466 e. The lowest BCUT2D eigenvalue weighted by Gasteiger charge is -2.24. The number of carbonyl (C=O) groups is 1. The molecule has 3 aromatic heterocycles. The molecule has 0 spiro atoms. The van der Waals surface area contributed by atoms with Crippen LogP contribution in [0.1, 0.15) is 41.4 Å². The van der Waals surface area contributed by atoms with Crippen LogP contribution in [-0.2, 0) is 0 Å². The highest BCUT2D eigenvalue weighted by atomic mass is 16.5. The van der Waals surface area contributed by atoms with Crippen molar-refractivity contribution in [2.45, 2.75) is 40.2 Å². The molecule has 0 bridgehead atoms. The van der Waals surface area contributed by atoms with E-state index in [1.54, 1.807) is 13.0 Å². The molecule has 3 N–H and O–H groups in total. The van der Waals surface area contributed by atoms with E-state index in [4.69, 9.17) is 14.7 Å². The standard InChI is InChI=1S/C18H22N4O3/c1-9-6-12(11(3)24-9)14-7-13(16(23)21-18(4,5)8-19)15-10(2)22-25-17(15)20-14/h6-7H,8,19H2,1-5H3,(H,21,23). The zero-order chi connectivity index (χ0) is 18.4. The van der Waals surface area contributed by atoms with Crippen molar-refractivity contribution in [3.63, 3.8) is 0 Å². The molecule has 7 heteroatoms. The van der Waals surface area contributed by atoms with Gasteiger partial charge in [0, 0.05) is 17.6 Å². The maximum absolute atomic E-state index is 12.9. The van der Waals surface area contributed by atoms with Crippen LogP contribution >= 0.6 is 0 Å². The molecule has 0 aliphatic rings.